The van der Waals surface area contributed by atoms with Gasteiger partial charge in [0.25, 0.3) is 5.91 Å². The predicted molar refractivity (Wildman–Crippen MR) is 123 cm³/mol. The number of hydrogen-bond donors (Lipinski definition) is 1. The van der Waals surface area contributed by atoms with Crippen molar-refractivity contribution in [2.24, 2.45) is 5.41 Å². The molecule has 1 aromatic heterocycles. The minimum Gasteiger partial charge on any atom is -0.462 e. The second kappa shape index (κ2) is 9.73. The highest BCUT2D eigenvalue weighted by atomic mass is 16.5. The van der Waals surface area contributed by atoms with Gasteiger partial charge in [-0.25, -0.2) is 14.8 Å². The molecule has 0 radical (unpaired) electrons. The normalized spacial score (nSPS) is 12.0. The first-order valence-electron chi connectivity index (χ1n) is 10.5. The summed E-state index contributed by atoms with van der Waals surface area (Å²) in [5.74, 6) is -0.897. The lowest BCUT2D eigenvalue weighted by molar-refractivity contribution is 0.0520. The van der Waals surface area contributed by atoms with E-state index in [2.05, 4.69) is 21.4 Å². The highest BCUT2D eigenvalue weighted by Gasteiger charge is 2.29. The van der Waals surface area contributed by atoms with Crippen LogP contribution < -0.4 is 5.32 Å². The Balaban J connectivity index is 2.68. The Labute approximate surface area is 189 Å². The number of carbonyl (C=O) groups excluding carboxylic acids is 2. The molecule has 0 unspecified atom stereocenters. The van der Waals surface area contributed by atoms with Crippen molar-refractivity contribution >= 4 is 17.4 Å². The molecule has 0 saturated carbocycles. The number of amides is 1. The van der Waals surface area contributed by atoms with Gasteiger partial charge in [-0.1, -0.05) is 50.1 Å². The largest absolute Gasteiger partial charge is 0.462 e. The maximum Gasteiger partial charge on any atom is 0.342 e. The lowest BCUT2D eigenvalue weighted by Gasteiger charge is -2.26. The standard InChI is InChI=1S/C25H30N4O3/c1-9-32-24(31)20-16(4)27-17(5)28-21(20)23(30)29-22(25(6,7)8)19(13-26)18-11-14(2)10-15(3)12-18/h10-12H,9H2,1-8H3,(H,29,30). The number of rotatable bonds is 5. The lowest BCUT2D eigenvalue weighted by atomic mass is 9.86. The first-order chi connectivity index (χ1) is 14.9. The molecule has 1 aromatic carbocycles. The fourth-order valence-corrected chi connectivity index (χ4v) is 3.51. The molecule has 1 amide bonds. The number of nitrogens with one attached hydrogen (secondary N) is 1. The molecular formula is C25H30N4O3. The summed E-state index contributed by atoms with van der Waals surface area (Å²) in [5.41, 5.74) is 3.28. The van der Waals surface area contributed by atoms with Gasteiger partial charge in [0, 0.05) is 11.1 Å². The summed E-state index contributed by atoms with van der Waals surface area (Å²) in [5, 5.41) is 12.9. The van der Waals surface area contributed by atoms with Gasteiger partial charge in [-0.15, -0.1) is 0 Å². The van der Waals surface area contributed by atoms with Crippen molar-refractivity contribution in [3.8, 4) is 6.07 Å². The van der Waals surface area contributed by atoms with Crippen LogP contribution in [0.15, 0.2) is 23.9 Å². The summed E-state index contributed by atoms with van der Waals surface area (Å²) in [7, 11) is 0. The Morgan fingerprint density at radius 2 is 1.66 bits per heavy atom. The average Bonchev–Trinajstić information content (AvgIpc) is 2.65. The number of carbonyl (C=O) groups is 2. The van der Waals surface area contributed by atoms with Gasteiger partial charge in [0.15, 0.2) is 0 Å². The number of aryl methyl sites for hydroxylation is 4. The number of esters is 1. The summed E-state index contributed by atoms with van der Waals surface area (Å²) in [6, 6.07) is 8.10. The van der Waals surface area contributed by atoms with Gasteiger partial charge in [0.05, 0.1) is 17.9 Å². The second-order valence-electron chi connectivity index (χ2n) is 8.74. The molecule has 1 N–H and O–H groups in total. The number of benzene rings is 1. The van der Waals surface area contributed by atoms with Crippen molar-refractivity contribution in [3.63, 3.8) is 0 Å². The van der Waals surface area contributed by atoms with Gasteiger partial charge < -0.3 is 10.1 Å². The van der Waals surface area contributed by atoms with E-state index in [0.29, 0.717) is 22.8 Å². The minimum atomic E-state index is -0.661. The third-order valence-corrected chi connectivity index (χ3v) is 4.76. The van der Waals surface area contributed by atoms with Crippen molar-refractivity contribution in [2.45, 2.75) is 55.4 Å². The van der Waals surface area contributed by atoms with Crippen LogP contribution >= 0.6 is 0 Å². The van der Waals surface area contributed by atoms with E-state index in [0.717, 1.165) is 16.7 Å². The van der Waals surface area contributed by atoms with Crippen LogP contribution in [0.1, 0.15) is 76.8 Å². The molecule has 0 fully saturated rings. The highest BCUT2D eigenvalue weighted by Crippen LogP contribution is 2.31. The van der Waals surface area contributed by atoms with Gasteiger partial charge in [-0.2, -0.15) is 5.26 Å². The van der Waals surface area contributed by atoms with E-state index in [4.69, 9.17) is 4.74 Å². The van der Waals surface area contributed by atoms with E-state index in [9.17, 15) is 14.9 Å². The summed E-state index contributed by atoms with van der Waals surface area (Å²) in [6.07, 6.45) is 0. The molecule has 0 atom stereocenters. The predicted octanol–water partition coefficient (Wildman–Crippen LogP) is 4.60. The third-order valence-electron chi connectivity index (χ3n) is 4.76. The highest BCUT2D eigenvalue weighted by molar-refractivity contribution is 6.05. The molecule has 7 nitrogen and oxygen atoms in total. The van der Waals surface area contributed by atoms with Crippen molar-refractivity contribution in [1.29, 1.82) is 5.26 Å². The molecule has 32 heavy (non-hydrogen) atoms. The van der Waals surface area contributed by atoms with Crippen LogP contribution in [0.25, 0.3) is 5.57 Å². The van der Waals surface area contributed by atoms with E-state index in [1.807, 2.05) is 52.8 Å². The van der Waals surface area contributed by atoms with Gasteiger partial charge in [0.2, 0.25) is 0 Å². The quantitative estimate of drug-likeness (QED) is 0.545. The smallest absolute Gasteiger partial charge is 0.342 e. The summed E-state index contributed by atoms with van der Waals surface area (Å²) < 4.78 is 5.11. The number of aromatic nitrogens is 2. The maximum absolute atomic E-state index is 13.4. The minimum absolute atomic E-state index is 0.0214. The van der Waals surface area contributed by atoms with Gasteiger partial charge in [-0.3, -0.25) is 4.79 Å². The van der Waals surface area contributed by atoms with E-state index < -0.39 is 17.3 Å². The molecule has 0 saturated heterocycles. The average molecular weight is 435 g/mol. The molecule has 1 heterocycles. The number of ether oxygens (including phenoxy) is 1. The molecule has 0 aliphatic heterocycles. The number of allylic oxidation sites excluding steroid dienone is 2. The Morgan fingerprint density at radius 3 is 2.16 bits per heavy atom. The molecule has 2 rings (SSSR count). The van der Waals surface area contributed by atoms with E-state index in [1.165, 1.54) is 0 Å². The van der Waals surface area contributed by atoms with Crippen molar-refractivity contribution in [1.82, 2.24) is 15.3 Å². The Kier molecular flexibility index (Phi) is 7.52. The van der Waals surface area contributed by atoms with Gasteiger partial charge in [0.1, 0.15) is 23.2 Å². The molecule has 0 spiro atoms. The number of nitriles is 1. The Hall–Kier alpha value is -3.53. The second-order valence-corrected chi connectivity index (χ2v) is 8.74. The number of hydrogen-bond acceptors (Lipinski definition) is 6. The van der Waals surface area contributed by atoms with Crippen LogP contribution in [0.3, 0.4) is 0 Å². The van der Waals surface area contributed by atoms with E-state index in [-0.39, 0.29) is 17.9 Å². The lowest BCUT2D eigenvalue weighted by Crippen LogP contribution is -2.33. The first kappa shape index (κ1) is 24.7. The van der Waals surface area contributed by atoms with Crippen LogP contribution in [0.5, 0.6) is 0 Å². The molecule has 0 bridgehead atoms. The summed E-state index contributed by atoms with van der Waals surface area (Å²) >= 11 is 0. The van der Waals surface area contributed by atoms with Crippen LogP contribution in [-0.4, -0.2) is 28.5 Å². The molecule has 7 heteroatoms. The van der Waals surface area contributed by atoms with Crippen LogP contribution in [0, 0.1) is 44.4 Å². The fraction of sp³-hybridized carbons (Fsp3) is 0.400. The van der Waals surface area contributed by atoms with Crippen LogP contribution in [0.4, 0.5) is 0 Å². The Morgan fingerprint density at radius 1 is 1.06 bits per heavy atom. The zero-order valence-electron chi connectivity index (χ0n) is 20.0. The first-order valence-corrected chi connectivity index (χ1v) is 10.5. The summed E-state index contributed by atoms with van der Waals surface area (Å²) in [4.78, 5) is 34.3. The van der Waals surface area contributed by atoms with Gasteiger partial charge >= 0.3 is 5.97 Å². The fourth-order valence-electron chi connectivity index (χ4n) is 3.51. The molecule has 0 aliphatic carbocycles. The molecule has 2 aromatic rings. The molecular weight excluding hydrogens is 404 g/mol. The van der Waals surface area contributed by atoms with Crippen molar-refractivity contribution in [2.75, 3.05) is 6.61 Å². The zero-order valence-corrected chi connectivity index (χ0v) is 20.0. The van der Waals surface area contributed by atoms with Crippen LogP contribution in [0.2, 0.25) is 0 Å². The van der Waals surface area contributed by atoms with Crippen molar-refractivity contribution < 1.29 is 14.3 Å². The number of nitrogens with zero attached hydrogens (tertiary/aromatic N) is 3. The molecule has 168 valence electrons. The topological polar surface area (TPSA) is 105 Å². The van der Waals surface area contributed by atoms with E-state index >= 15 is 0 Å². The van der Waals surface area contributed by atoms with Crippen LogP contribution in [-0.2, 0) is 4.74 Å². The van der Waals surface area contributed by atoms with E-state index in [1.54, 1.807) is 20.8 Å². The zero-order chi connectivity index (χ0) is 24.2. The maximum atomic E-state index is 13.4. The SMILES string of the molecule is CCOC(=O)c1c(C)nc(C)nc1C(=O)NC(=C(C#N)c1cc(C)cc(C)c1)C(C)(C)C. The van der Waals surface area contributed by atoms with Crippen molar-refractivity contribution in [3.05, 3.63) is 63.4 Å². The molecule has 0 aliphatic rings. The summed E-state index contributed by atoms with van der Waals surface area (Å²) in [6.45, 7) is 14.8. The third kappa shape index (κ3) is 5.58. The van der Waals surface area contributed by atoms with Gasteiger partial charge in [-0.05, 0) is 40.2 Å². The monoisotopic (exact) mass is 434 g/mol. The Bertz CT molecular complexity index is 1110.